The van der Waals surface area contributed by atoms with E-state index in [9.17, 15) is 19.7 Å². The predicted molar refractivity (Wildman–Crippen MR) is 146 cm³/mol. The molecule has 1 aliphatic heterocycles. The number of rotatable bonds is 10. The van der Waals surface area contributed by atoms with Gasteiger partial charge in [-0.25, -0.2) is 0 Å². The smallest absolute Gasteiger partial charge is 0.274 e. The lowest BCUT2D eigenvalue weighted by Crippen LogP contribution is -2.48. The van der Waals surface area contributed by atoms with E-state index in [4.69, 9.17) is 0 Å². The summed E-state index contributed by atoms with van der Waals surface area (Å²) in [5.74, 6) is -1.34. The molecule has 5 rings (SSSR count). The molecule has 0 fully saturated rings. The van der Waals surface area contributed by atoms with Crippen molar-refractivity contribution in [1.82, 2.24) is 20.0 Å². The normalized spacial score (nSPS) is 16.5. The summed E-state index contributed by atoms with van der Waals surface area (Å²) in [6.07, 6.45) is 4.77. The van der Waals surface area contributed by atoms with Gasteiger partial charge >= 0.3 is 0 Å². The molecule has 0 saturated carbocycles. The highest BCUT2D eigenvalue weighted by atomic mass is 16.6. The summed E-state index contributed by atoms with van der Waals surface area (Å²) in [5, 5.41) is 19.3. The van der Waals surface area contributed by atoms with E-state index in [2.05, 4.69) is 10.4 Å². The number of aryl methyl sites for hydroxylation is 1. The molecule has 198 valence electrons. The largest absolute Gasteiger partial charge is 0.355 e. The van der Waals surface area contributed by atoms with Gasteiger partial charge in [0.25, 0.3) is 11.6 Å². The SMILES string of the molecule is O=C(NCCCn1cccn1)[C@H]1c2ccccc2C(=O)N(CCc2ccccc2)[C@H]1c1ccccc1[N+](=O)[O-]. The Morgan fingerprint density at radius 3 is 2.38 bits per heavy atom. The van der Waals surface area contributed by atoms with Gasteiger partial charge in [0.1, 0.15) is 0 Å². The van der Waals surface area contributed by atoms with Gasteiger partial charge in [0.2, 0.25) is 5.91 Å². The number of fused-ring (bicyclic) bond motifs is 1. The van der Waals surface area contributed by atoms with Crippen molar-refractivity contribution in [3.8, 4) is 0 Å². The number of carbonyl (C=O) groups excluding carboxylic acids is 2. The van der Waals surface area contributed by atoms with Crippen molar-refractivity contribution in [3.63, 3.8) is 0 Å². The first kappa shape index (κ1) is 25.8. The fourth-order valence-corrected chi connectivity index (χ4v) is 5.26. The number of benzene rings is 3. The summed E-state index contributed by atoms with van der Waals surface area (Å²) in [4.78, 5) is 41.0. The lowest BCUT2D eigenvalue weighted by molar-refractivity contribution is -0.386. The molecule has 39 heavy (non-hydrogen) atoms. The Kier molecular flexibility index (Phi) is 7.77. The van der Waals surface area contributed by atoms with Crippen LogP contribution in [0, 0.1) is 10.1 Å². The summed E-state index contributed by atoms with van der Waals surface area (Å²) >= 11 is 0. The minimum atomic E-state index is -0.844. The van der Waals surface area contributed by atoms with E-state index in [1.807, 2.05) is 42.6 Å². The lowest BCUT2D eigenvalue weighted by atomic mass is 9.78. The van der Waals surface area contributed by atoms with Crippen molar-refractivity contribution in [2.45, 2.75) is 31.3 Å². The highest BCUT2D eigenvalue weighted by molar-refractivity contribution is 6.01. The first-order chi connectivity index (χ1) is 19.0. The Bertz CT molecular complexity index is 1460. The van der Waals surface area contributed by atoms with Crippen LogP contribution < -0.4 is 5.32 Å². The van der Waals surface area contributed by atoms with Crippen molar-refractivity contribution in [3.05, 3.63) is 130 Å². The predicted octanol–water partition coefficient (Wildman–Crippen LogP) is 4.52. The molecule has 0 radical (unpaired) electrons. The Balaban J connectivity index is 1.52. The third-order valence-corrected chi connectivity index (χ3v) is 7.08. The number of amides is 2. The maximum atomic E-state index is 13.9. The topological polar surface area (TPSA) is 110 Å². The summed E-state index contributed by atoms with van der Waals surface area (Å²) in [6, 6.07) is 24.2. The van der Waals surface area contributed by atoms with Crippen LogP contribution in [0.15, 0.2) is 97.3 Å². The molecule has 2 amide bonds. The molecule has 0 saturated heterocycles. The van der Waals surface area contributed by atoms with Crippen molar-refractivity contribution < 1.29 is 14.5 Å². The van der Waals surface area contributed by atoms with E-state index in [-0.39, 0.29) is 17.5 Å². The fraction of sp³-hybridized carbons (Fsp3) is 0.233. The maximum Gasteiger partial charge on any atom is 0.274 e. The average molecular weight is 524 g/mol. The van der Waals surface area contributed by atoms with E-state index in [1.165, 1.54) is 6.07 Å². The number of para-hydroxylation sites is 1. The van der Waals surface area contributed by atoms with Gasteiger partial charge < -0.3 is 10.2 Å². The molecular weight excluding hydrogens is 494 g/mol. The fourth-order valence-electron chi connectivity index (χ4n) is 5.26. The van der Waals surface area contributed by atoms with Gasteiger partial charge in [-0.1, -0.05) is 66.7 Å². The molecule has 0 unspecified atom stereocenters. The van der Waals surface area contributed by atoms with Crippen molar-refractivity contribution in [2.75, 3.05) is 13.1 Å². The Hall–Kier alpha value is -4.79. The second kappa shape index (κ2) is 11.7. The number of nitrogens with zero attached hydrogens (tertiary/aromatic N) is 4. The second-order valence-corrected chi connectivity index (χ2v) is 9.47. The number of nitro groups is 1. The third-order valence-electron chi connectivity index (χ3n) is 7.08. The summed E-state index contributed by atoms with van der Waals surface area (Å²) in [6.45, 7) is 1.35. The number of carbonyl (C=O) groups is 2. The zero-order chi connectivity index (χ0) is 27.2. The van der Waals surface area contributed by atoms with Crippen LogP contribution in [-0.4, -0.2) is 44.5 Å². The van der Waals surface area contributed by atoms with Crippen LogP contribution in [0.2, 0.25) is 0 Å². The first-order valence-electron chi connectivity index (χ1n) is 13.0. The number of nitrogens with one attached hydrogen (secondary N) is 1. The maximum absolute atomic E-state index is 13.9. The van der Waals surface area contributed by atoms with Crippen molar-refractivity contribution in [2.24, 2.45) is 0 Å². The van der Waals surface area contributed by atoms with E-state index in [1.54, 1.807) is 58.2 Å². The molecule has 9 heteroatoms. The van der Waals surface area contributed by atoms with Crippen molar-refractivity contribution >= 4 is 17.5 Å². The summed E-state index contributed by atoms with van der Waals surface area (Å²) in [7, 11) is 0. The zero-order valence-electron chi connectivity index (χ0n) is 21.3. The van der Waals surface area contributed by atoms with Crippen LogP contribution in [0.5, 0.6) is 0 Å². The molecule has 2 atom stereocenters. The lowest BCUT2D eigenvalue weighted by Gasteiger charge is -2.41. The van der Waals surface area contributed by atoms with Crippen LogP contribution in [0.1, 0.15) is 45.4 Å². The third kappa shape index (κ3) is 5.57. The van der Waals surface area contributed by atoms with E-state index < -0.39 is 16.9 Å². The molecular formula is C30H29N5O4. The average Bonchev–Trinajstić information content (AvgIpc) is 3.49. The van der Waals surface area contributed by atoms with Crippen LogP contribution in [0.25, 0.3) is 0 Å². The van der Waals surface area contributed by atoms with Gasteiger partial charge in [0, 0.05) is 43.7 Å². The monoisotopic (exact) mass is 523 g/mol. The van der Waals surface area contributed by atoms with Crippen LogP contribution in [0.3, 0.4) is 0 Å². The summed E-state index contributed by atoms with van der Waals surface area (Å²) in [5.41, 5.74) is 2.28. The molecule has 0 bridgehead atoms. The number of nitro benzene ring substituents is 1. The van der Waals surface area contributed by atoms with Crippen LogP contribution in [0.4, 0.5) is 5.69 Å². The van der Waals surface area contributed by atoms with E-state index in [0.717, 1.165) is 5.56 Å². The Morgan fingerprint density at radius 2 is 1.64 bits per heavy atom. The highest BCUT2D eigenvalue weighted by Crippen LogP contribution is 2.45. The molecule has 1 aromatic heterocycles. The van der Waals surface area contributed by atoms with Gasteiger partial charge in [-0.15, -0.1) is 0 Å². The Morgan fingerprint density at radius 1 is 0.923 bits per heavy atom. The van der Waals surface area contributed by atoms with Gasteiger partial charge in [-0.2, -0.15) is 5.10 Å². The number of hydrogen-bond donors (Lipinski definition) is 1. The molecule has 1 N–H and O–H groups in total. The summed E-state index contributed by atoms with van der Waals surface area (Å²) < 4.78 is 1.79. The van der Waals surface area contributed by atoms with Gasteiger partial charge in [-0.3, -0.25) is 24.4 Å². The Labute approximate surface area is 226 Å². The molecule has 9 nitrogen and oxygen atoms in total. The molecule has 3 aromatic carbocycles. The second-order valence-electron chi connectivity index (χ2n) is 9.47. The quantitative estimate of drug-likeness (QED) is 0.187. The van der Waals surface area contributed by atoms with Crippen molar-refractivity contribution in [1.29, 1.82) is 0 Å². The van der Waals surface area contributed by atoms with Gasteiger partial charge in [-0.05, 0) is 36.1 Å². The highest BCUT2D eigenvalue weighted by Gasteiger charge is 2.45. The standard InChI is InChI=1S/C30H29N5O4/c36-29(31-17-8-19-33-20-9-18-32-33)27-23-12-4-5-13-24(23)30(37)34(21-16-22-10-2-1-3-11-22)28(27)25-14-6-7-15-26(25)35(38)39/h1-7,9-15,18,20,27-28H,8,16-17,19,21H2,(H,31,36)/t27-,28-/m0/s1. The first-order valence-corrected chi connectivity index (χ1v) is 13.0. The van der Waals surface area contributed by atoms with Gasteiger partial charge in [0.15, 0.2) is 0 Å². The molecule has 0 aliphatic carbocycles. The number of hydrogen-bond acceptors (Lipinski definition) is 5. The zero-order valence-corrected chi connectivity index (χ0v) is 21.3. The molecule has 0 spiro atoms. The molecule has 4 aromatic rings. The molecule has 1 aliphatic rings. The van der Waals surface area contributed by atoms with Crippen LogP contribution >= 0.6 is 0 Å². The van der Waals surface area contributed by atoms with E-state index in [0.29, 0.717) is 49.2 Å². The number of aromatic nitrogens is 2. The van der Waals surface area contributed by atoms with E-state index >= 15 is 0 Å². The minimum Gasteiger partial charge on any atom is -0.355 e. The van der Waals surface area contributed by atoms with Crippen LogP contribution in [-0.2, 0) is 17.8 Å². The molecule has 2 heterocycles. The minimum absolute atomic E-state index is 0.115. The van der Waals surface area contributed by atoms with Gasteiger partial charge in [0.05, 0.1) is 22.4 Å².